The summed E-state index contributed by atoms with van der Waals surface area (Å²) in [5, 5.41) is 12.4. The summed E-state index contributed by atoms with van der Waals surface area (Å²) in [6, 6.07) is 12.6. The zero-order chi connectivity index (χ0) is 22.9. The van der Waals surface area contributed by atoms with Gasteiger partial charge < -0.3 is 15.0 Å². The Bertz CT molecular complexity index is 1220. The first-order chi connectivity index (χ1) is 16.0. The highest BCUT2D eigenvalue weighted by Crippen LogP contribution is 2.34. The molecule has 5 rings (SSSR count). The number of hydrogen-bond acceptors (Lipinski definition) is 7. The number of aromatic nitrogens is 3. The van der Waals surface area contributed by atoms with Crippen LogP contribution in [-0.2, 0) is 4.79 Å². The molecule has 10 heteroatoms. The number of benzene rings is 2. The predicted octanol–water partition coefficient (Wildman–Crippen LogP) is 4.22. The molecule has 1 amide bonds. The predicted molar refractivity (Wildman–Crippen MR) is 128 cm³/mol. The lowest BCUT2D eigenvalue weighted by atomic mass is 10.1. The van der Waals surface area contributed by atoms with E-state index >= 15 is 0 Å². The number of nitrogens with one attached hydrogen (secondary N) is 1. The Hall–Kier alpha value is -3.04. The molecule has 1 saturated heterocycles. The van der Waals surface area contributed by atoms with Crippen molar-refractivity contribution in [2.24, 2.45) is 0 Å². The third-order valence-corrected chi connectivity index (χ3v) is 6.90. The van der Waals surface area contributed by atoms with Gasteiger partial charge in [0, 0.05) is 23.7 Å². The Morgan fingerprint density at radius 2 is 2.00 bits per heavy atom. The van der Waals surface area contributed by atoms with Gasteiger partial charge >= 0.3 is 0 Å². The van der Waals surface area contributed by atoms with E-state index in [1.165, 1.54) is 11.8 Å². The maximum atomic E-state index is 13.2. The number of carbonyl (C=O) groups is 2. The molecule has 2 aliphatic heterocycles. The summed E-state index contributed by atoms with van der Waals surface area (Å²) in [7, 11) is 0. The lowest BCUT2D eigenvalue weighted by Crippen LogP contribution is -2.26. The fourth-order valence-electron chi connectivity index (χ4n) is 3.98. The zero-order valence-electron chi connectivity index (χ0n) is 18.0. The molecule has 1 atom stereocenters. The molecule has 1 unspecified atom stereocenters. The number of nitrogens with zero attached hydrogens (tertiary/aromatic N) is 4. The molecule has 33 heavy (non-hydrogen) atoms. The van der Waals surface area contributed by atoms with Crippen LogP contribution in [-0.4, -0.2) is 51.4 Å². The van der Waals surface area contributed by atoms with Crippen LogP contribution in [0.1, 0.15) is 30.1 Å². The molecule has 0 radical (unpaired) electrons. The molecule has 8 nitrogen and oxygen atoms in total. The first kappa shape index (κ1) is 21.8. The summed E-state index contributed by atoms with van der Waals surface area (Å²) in [6.45, 7) is 3.65. The third kappa shape index (κ3) is 4.43. The van der Waals surface area contributed by atoms with Gasteiger partial charge in [0.2, 0.25) is 5.95 Å². The topological polar surface area (TPSA) is 89.4 Å². The van der Waals surface area contributed by atoms with E-state index in [4.69, 9.17) is 16.3 Å². The Morgan fingerprint density at radius 1 is 1.18 bits per heavy atom. The van der Waals surface area contributed by atoms with Gasteiger partial charge in [-0.3, -0.25) is 14.2 Å². The van der Waals surface area contributed by atoms with Crippen molar-refractivity contribution in [2.75, 3.05) is 29.9 Å². The molecule has 3 aromatic rings. The first-order valence-corrected chi connectivity index (χ1v) is 12.0. The summed E-state index contributed by atoms with van der Waals surface area (Å²) < 4.78 is 7.35. The smallest absolute Gasteiger partial charge is 0.262 e. The normalized spacial score (nSPS) is 16.2. The van der Waals surface area contributed by atoms with E-state index in [9.17, 15) is 9.59 Å². The Balaban J connectivity index is 1.43. The zero-order valence-corrected chi connectivity index (χ0v) is 19.5. The molecule has 2 aliphatic rings. The van der Waals surface area contributed by atoms with Crippen molar-refractivity contribution in [3.63, 3.8) is 0 Å². The molecule has 1 aromatic heterocycles. The number of Topliss-reactive ketones (excluding diaryl/α,β-unsaturated/α-hetero) is 1. The number of fused-ring (bicyclic) bond motifs is 1. The fourth-order valence-corrected chi connectivity index (χ4v) is 5.11. The van der Waals surface area contributed by atoms with Crippen molar-refractivity contribution in [1.82, 2.24) is 14.8 Å². The average Bonchev–Trinajstić information content (AvgIpc) is 3.48. The van der Waals surface area contributed by atoms with E-state index in [1.54, 1.807) is 18.2 Å². The number of carbonyl (C=O) groups excluding carboxylic acids is 2. The van der Waals surface area contributed by atoms with Gasteiger partial charge in [-0.05, 0) is 56.2 Å². The van der Waals surface area contributed by atoms with Gasteiger partial charge in [0.15, 0.2) is 17.5 Å². The van der Waals surface area contributed by atoms with Gasteiger partial charge in [0.1, 0.15) is 5.75 Å². The van der Waals surface area contributed by atoms with Crippen LogP contribution in [0.5, 0.6) is 5.75 Å². The second-order valence-electron chi connectivity index (χ2n) is 7.96. The second-order valence-corrected chi connectivity index (χ2v) is 9.71. The molecule has 3 heterocycles. The number of amides is 1. The van der Waals surface area contributed by atoms with Crippen LogP contribution < -0.4 is 15.0 Å². The van der Waals surface area contributed by atoms with E-state index in [0.717, 1.165) is 37.6 Å². The van der Waals surface area contributed by atoms with Crippen LogP contribution >= 0.6 is 23.4 Å². The van der Waals surface area contributed by atoms with Crippen molar-refractivity contribution in [2.45, 2.75) is 30.2 Å². The summed E-state index contributed by atoms with van der Waals surface area (Å²) in [5.74, 6) is 0.998. The van der Waals surface area contributed by atoms with Gasteiger partial charge in [0.25, 0.3) is 5.91 Å². The largest absolute Gasteiger partial charge is 0.482 e. The van der Waals surface area contributed by atoms with Gasteiger partial charge in [-0.25, -0.2) is 0 Å². The quantitative estimate of drug-likeness (QED) is 0.415. The van der Waals surface area contributed by atoms with Crippen molar-refractivity contribution < 1.29 is 14.3 Å². The minimum atomic E-state index is -0.433. The third-order valence-electron chi connectivity index (χ3n) is 5.62. The van der Waals surface area contributed by atoms with Crippen molar-refractivity contribution in [3.05, 3.63) is 53.1 Å². The van der Waals surface area contributed by atoms with Gasteiger partial charge in [0.05, 0.1) is 16.6 Å². The molecule has 0 bridgehead atoms. The highest BCUT2D eigenvalue weighted by Gasteiger charge is 2.26. The van der Waals surface area contributed by atoms with E-state index in [1.807, 2.05) is 35.8 Å². The minimum absolute atomic E-state index is 0.0228. The van der Waals surface area contributed by atoms with E-state index < -0.39 is 5.25 Å². The standard InChI is InChI=1S/C23H22ClN5O3S/c1-14(21(31)15-7-8-19-18(11-15)25-20(30)13-32-19)33-23-27-26-22(28-9-2-3-10-28)29(23)17-6-4-5-16(24)12-17/h4-8,11-12,14H,2-3,9-10,13H2,1H3,(H,25,30). The minimum Gasteiger partial charge on any atom is -0.482 e. The highest BCUT2D eigenvalue weighted by atomic mass is 35.5. The first-order valence-electron chi connectivity index (χ1n) is 10.7. The number of ether oxygens (including phenoxy) is 1. The molecule has 1 fully saturated rings. The van der Waals surface area contributed by atoms with Crippen molar-refractivity contribution >= 4 is 46.7 Å². The van der Waals surface area contributed by atoms with Gasteiger partial charge in [-0.15, -0.1) is 10.2 Å². The number of thioether (sulfide) groups is 1. The number of halogens is 1. The summed E-state index contributed by atoms with van der Waals surface area (Å²) in [6.07, 6.45) is 2.22. The molecule has 2 aromatic carbocycles. The van der Waals surface area contributed by atoms with Gasteiger partial charge in [-0.2, -0.15) is 0 Å². The molecule has 170 valence electrons. The summed E-state index contributed by atoms with van der Waals surface area (Å²) in [5.41, 5.74) is 1.85. The van der Waals surface area contributed by atoms with E-state index in [-0.39, 0.29) is 18.3 Å². The van der Waals surface area contributed by atoms with Crippen molar-refractivity contribution in [1.29, 1.82) is 0 Å². The van der Waals surface area contributed by atoms with Gasteiger partial charge in [-0.1, -0.05) is 29.4 Å². The molecular weight excluding hydrogens is 462 g/mol. The Labute approximate surface area is 200 Å². The SMILES string of the molecule is CC(Sc1nnc(N2CCCC2)n1-c1cccc(Cl)c1)C(=O)c1ccc2c(c1)NC(=O)CO2. The number of anilines is 2. The number of hydrogen-bond donors (Lipinski definition) is 1. The van der Waals surface area contributed by atoms with E-state index in [0.29, 0.717) is 27.2 Å². The molecular formula is C23H22ClN5O3S. The maximum Gasteiger partial charge on any atom is 0.262 e. The van der Waals surface area contributed by atoms with Crippen LogP contribution in [0.25, 0.3) is 5.69 Å². The van der Waals surface area contributed by atoms with Crippen LogP contribution in [0.2, 0.25) is 5.02 Å². The lowest BCUT2D eigenvalue weighted by Gasteiger charge is -2.20. The lowest BCUT2D eigenvalue weighted by molar-refractivity contribution is -0.118. The average molecular weight is 484 g/mol. The Kier molecular flexibility index (Phi) is 5.99. The molecule has 0 aliphatic carbocycles. The van der Waals surface area contributed by atoms with E-state index in [2.05, 4.69) is 20.4 Å². The number of ketones is 1. The van der Waals surface area contributed by atoms with Crippen LogP contribution in [0.4, 0.5) is 11.6 Å². The summed E-state index contributed by atoms with van der Waals surface area (Å²) >= 11 is 7.60. The van der Waals surface area contributed by atoms with Crippen molar-refractivity contribution in [3.8, 4) is 11.4 Å². The maximum absolute atomic E-state index is 13.2. The Morgan fingerprint density at radius 3 is 2.79 bits per heavy atom. The second kappa shape index (κ2) is 9.07. The molecule has 1 N–H and O–H groups in total. The van der Waals surface area contributed by atoms with Crippen LogP contribution in [0, 0.1) is 0 Å². The van der Waals surface area contributed by atoms with Crippen LogP contribution in [0.15, 0.2) is 47.6 Å². The molecule has 0 spiro atoms. The van der Waals surface area contributed by atoms with Crippen LogP contribution in [0.3, 0.4) is 0 Å². The highest BCUT2D eigenvalue weighted by molar-refractivity contribution is 8.00. The molecule has 0 saturated carbocycles. The number of rotatable bonds is 6. The summed E-state index contributed by atoms with van der Waals surface area (Å²) in [4.78, 5) is 27.1. The monoisotopic (exact) mass is 483 g/mol. The fraction of sp³-hybridized carbons (Fsp3) is 0.304.